The topological polar surface area (TPSA) is 212 Å². The predicted molar refractivity (Wildman–Crippen MR) is 248 cm³/mol. The van der Waals surface area contributed by atoms with Crippen molar-refractivity contribution in [2.45, 2.75) is 62.3 Å². The van der Waals surface area contributed by atoms with Crippen LogP contribution in [0.3, 0.4) is 0 Å². The van der Waals surface area contributed by atoms with Crippen molar-refractivity contribution in [3.63, 3.8) is 0 Å². The van der Waals surface area contributed by atoms with Crippen LogP contribution in [0.5, 0.6) is 11.5 Å². The first-order valence-corrected chi connectivity index (χ1v) is 22.3. The lowest BCUT2D eigenvalue weighted by molar-refractivity contribution is -0.142. The third kappa shape index (κ3) is 13.1. The van der Waals surface area contributed by atoms with Gasteiger partial charge in [0.2, 0.25) is 23.6 Å². The van der Waals surface area contributed by atoms with Crippen molar-refractivity contribution < 1.29 is 43.7 Å². The van der Waals surface area contributed by atoms with Crippen LogP contribution in [-0.2, 0) is 60.9 Å². The molecule has 1 aromatic heterocycles. The molecule has 0 saturated carbocycles. The minimum absolute atomic E-state index is 0.00567. The second-order valence-corrected chi connectivity index (χ2v) is 17.0. The quantitative estimate of drug-likeness (QED) is 0.0859. The highest BCUT2D eigenvalue weighted by molar-refractivity contribution is 7.09. The molecule has 2 aliphatic rings. The van der Waals surface area contributed by atoms with Crippen molar-refractivity contribution in [2.75, 3.05) is 6.61 Å². The van der Waals surface area contributed by atoms with Gasteiger partial charge in [-0.1, -0.05) is 115 Å². The number of carboxylic acid groups (broad SMARTS) is 1. The number of fused-ring (bicyclic) bond motifs is 16. The number of carboxylic acids is 1. The van der Waals surface area contributed by atoms with Gasteiger partial charge in [0, 0.05) is 37.0 Å². The van der Waals surface area contributed by atoms with E-state index in [1.54, 1.807) is 60.7 Å². The van der Waals surface area contributed by atoms with E-state index in [1.165, 1.54) is 23.5 Å². The largest absolute Gasteiger partial charge is 0.508 e. The van der Waals surface area contributed by atoms with E-state index in [0.717, 1.165) is 16.0 Å². The van der Waals surface area contributed by atoms with Gasteiger partial charge in [0.1, 0.15) is 41.7 Å². The Morgan fingerprint density at radius 3 is 1.79 bits per heavy atom. The molecule has 14 nitrogen and oxygen atoms in total. The van der Waals surface area contributed by atoms with Crippen LogP contribution < -0.4 is 31.3 Å². The van der Waals surface area contributed by atoms with Gasteiger partial charge in [-0.25, -0.2) is 4.79 Å². The summed E-state index contributed by atoms with van der Waals surface area (Å²) in [5, 5.41) is 35.6. The molecule has 338 valence electrons. The van der Waals surface area contributed by atoms with Gasteiger partial charge in [-0.3, -0.25) is 24.0 Å². The van der Waals surface area contributed by atoms with Crippen LogP contribution in [0.15, 0.2) is 151 Å². The molecule has 2 bridgehead atoms. The number of ether oxygens (including phenoxy) is 1. The van der Waals surface area contributed by atoms with Gasteiger partial charge in [0.15, 0.2) is 6.61 Å². The number of carbonyl (C=O) groups is 6. The van der Waals surface area contributed by atoms with E-state index in [-0.39, 0.29) is 37.9 Å². The van der Waals surface area contributed by atoms with Gasteiger partial charge in [0.05, 0.1) is 0 Å². The van der Waals surface area contributed by atoms with Crippen molar-refractivity contribution in [2.24, 2.45) is 0 Å². The number of thiophene rings is 1. The normalized spacial score (nSPS) is 18.7. The van der Waals surface area contributed by atoms with Crippen LogP contribution >= 0.6 is 11.3 Å². The van der Waals surface area contributed by atoms with Gasteiger partial charge in [0.25, 0.3) is 5.91 Å². The van der Waals surface area contributed by atoms with E-state index in [1.807, 2.05) is 78.2 Å². The second-order valence-electron chi connectivity index (χ2n) is 16.0. The van der Waals surface area contributed by atoms with Crippen LogP contribution in [-0.4, -0.2) is 82.5 Å². The number of hydrogen-bond acceptors (Lipinski definition) is 9. The molecule has 0 aliphatic carbocycles. The van der Waals surface area contributed by atoms with Crippen molar-refractivity contribution in [3.8, 4) is 22.6 Å². The summed E-state index contributed by atoms with van der Waals surface area (Å²) < 4.78 is 5.78. The second kappa shape index (κ2) is 22.2. The molecule has 0 saturated heterocycles. The molecule has 6 aromatic rings. The molecular formula is C51H49N5O9S. The molecule has 0 radical (unpaired) electrons. The summed E-state index contributed by atoms with van der Waals surface area (Å²) in [6.45, 7) is -0.439. The van der Waals surface area contributed by atoms with Crippen molar-refractivity contribution in [1.82, 2.24) is 26.6 Å². The first kappa shape index (κ1) is 46.2. The Morgan fingerprint density at radius 2 is 1.18 bits per heavy atom. The number of phenolic OH excluding ortho intramolecular Hbond substituents is 1. The third-order valence-corrected chi connectivity index (χ3v) is 11.9. The number of aliphatic carboxylic acids is 1. The summed E-state index contributed by atoms with van der Waals surface area (Å²) >= 11 is 1.41. The molecule has 0 fully saturated rings. The van der Waals surface area contributed by atoms with Crippen LogP contribution in [0, 0.1) is 0 Å². The zero-order valence-corrected chi connectivity index (χ0v) is 36.5. The average Bonchev–Trinajstić information content (AvgIpc) is 3.84. The van der Waals surface area contributed by atoms with Crippen LogP contribution in [0.2, 0.25) is 0 Å². The Bertz CT molecular complexity index is 2590. The molecule has 66 heavy (non-hydrogen) atoms. The van der Waals surface area contributed by atoms with Crippen molar-refractivity contribution >= 4 is 46.8 Å². The van der Waals surface area contributed by atoms with Gasteiger partial charge in [-0.2, -0.15) is 0 Å². The summed E-state index contributed by atoms with van der Waals surface area (Å²) in [7, 11) is 0. The van der Waals surface area contributed by atoms with Gasteiger partial charge < -0.3 is 41.5 Å². The zero-order valence-electron chi connectivity index (χ0n) is 35.7. The Labute approximate surface area is 385 Å². The molecule has 2 aliphatic heterocycles. The molecule has 8 rings (SSSR count). The zero-order chi connectivity index (χ0) is 46.4. The molecule has 3 heterocycles. The third-order valence-electron chi connectivity index (χ3n) is 11.0. The molecule has 5 atom stereocenters. The fourth-order valence-corrected chi connectivity index (χ4v) is 8.27. The molecule has 15 heteroatoms. The maximum atomic E-state index is 14.7. The number of aromatic hydroxyl groups is 1. The van der Waals surface area contributed by atoms with E-state index < -0.39 is 72.3 Å². The highest BCUT2D eigenvalue weighted by Gasteiger charge is 2.33. The maximum absolute atomic E-state index is 14.7. The van der Waals surface area contributed by atoms with Crippen molar-refractivity contribution in [1.29, 1.82) is 0 Å². The van der Waals surface area contributed by atoms with E-state index in [0.29, 0.717) is 28.0 Å². The monoisotopic (exact) mass is 907 g/mol. The summed E-state index contributed by atoms with van der Waals surface area (Å²) in [4.78, 5) is 84.4. The minimum atomic E-state index is -1.41. The van der Waals surface area contributed by atoms with Crippen LogP contribution in [0.25, 0.3) is 11.1 Å². The van der Waals surface area contributed by atoms with Crippen LogP contribution in [0.1, 0.15) is 27.1 Å². The SMILES string of the molecule is O=C1COc2ccc(cc2)C[C@@H](C(=O)N[C@@H](Cc2ccc(O)cc2)C(=O)O)NC(=O)[C@H](Cc2ccccc2)NC(=O)[C@H](Cc2ccc(-c3ccccc3)cc2)NC(=O)[C@H](Cc2cccs2)N1. The first-order chi connectivity index (χ1) is 31.9. The summed E-state index contributed by atoms with van der Waals surface area (Å²) in [6, 6.07) is 35.9. The molecule has 7 N–H and O–H groups in total. The number of nitrogens with one attached hydrogen (secondary N) is 5. The number of amides is 5. The average molecular weight is 908 g/mol. The molecule has 5 amide bonds. The Kier molecular flexibility index (Phi) is 15.6. The number of rotatable bonds is 12. The lowest BCUT2D eigenvalue weighted by Gasteiger charge is -2.27. The first-order valence-electron chi connectivity index (χ1n) is 21.4. The smallest absolute Gasteiger partial charge is 0.326 e. The van der Waals surface area contributed by atoms with E-state index in [4.69, 9.17) is 4.74 Å². The predicted octanol–water partition coefficient (Wildman–Crippen LogP) is 4.54. The fraction of sp³-hybridized carbons (Fsp3) is 0.216. The Balaban J connectivity index is 1.22. The Hall–Kier alpha value is -7.78. The van der Waals surface area contributed by atoms with E-state index in [9.17, 15) is 39.0 Å². The fourth-order valence-electron chi connectivity index (χ4n) is 7.52. The number of benzene rings is 5. The summed E-state index contributed by atoms with van der Waals surface area (Å²) in [5.41, 5.74) is 4.41. The summed E-state index contributed by atoms with van der Waals surface area (Å²) in [5.74, 6) is -4.48. The van der Waals surface area contributed by atoms with Gasteiger partial charge in [-0.15, -0.1) is 11.3 Å². The van der Waals surface area contributed by atoms with Crippen molar-refractivity contribution in [3.05, 3.63) is 178 Å². The highest BCUT2D eigenvalue weighted by atomic mass is 32.1. The lowest BCUT2D eigenvalue weighted by Crippen LogP contribution is -2.60. The maximum Gasteiger partial charge on any atom is 0.326 e. The minimum Gasteiger partial charge on any atom is -0.508 e. The molecule has 5 aromatic carbocycles. The van der Waals surface area contributed by atoms with E-state index in [2.05, 4.69) is 26.6 Å². The summed E-state index contributed by atoms with van der Waals surface area (Å²) in [6.07, 6.45) is -0.0978. The molecular weight excluding hydrogens is 859 g/mol. The van der Waals surface area contributed by atoms with Gasteiger partial charge in [-0.05, 0) is 69.1 Å². The standard InChI is InChI=1S/C51H49N5O9S/c57-38-21-15-34(16-22-38)29-45(51(63)64)56-49(61)43-28-35-17-23-39(24-18-35)65-31-46(58)52-44(30-40-12-7-25-66-40)50(62)55-42(27-33-13-19-37(20-14-33)36-10-5-2-6-11-36)48(60)53-41(47(59)54-43)26-32-8-3-1-4-9-32/h1-25,41-45,57H,26-31H2,(H,52,58)(H,53,60)(H,54,59)(H,55,62)(H,56,61)(H,63,64)/t41-,42-,43-,44-,45-/m0/s1. The number of carbonyl (C=O) groups excluding carboxylic acids is 5. The van der Waals surface area contributed by atoms with E-state index >= 15 is 0 Å². The molecule has 0 unspecified atom stereocenters. The Morgan fingerprint density at radius 1 is 0.621 bits per heavy atom. The van der Waals surface area contributed by atoms with Crippen LogP contribution in [0.4, 0.5) is 0 Å². The number of phenols is 1. The molecule has 0 spiro atoms. The van der Waals surface area contributed by atoms with Gasteiger partial charge >= 0.3 is 5.97 Å². The number of hydrogen-bond donors (Lipinski definition) is 7. The lowest BCUT2D eigenvalue weighted by atomic mass is 9.99. The highest BCUT2D eigenvalue weighted by Crippen LogP contribution is 2.21.